The molecule has 0 aliphatic heterocycles. The topological polar surface area (TPSA) is 23.5 Å². The minimum Gasteiger partial charge on any atom is -0.382 e. The molecule has 0 fully saturated rings. The van der Waals surface area contributed by atoms with E-state index in [-0.39, 0.29) is 0 Å². The van der Waals surface area contributed by atoms with Crippen LogP contribution in [0.1, 0.15) is 5.56 Å². The molecule has 0 aliphatic carbocycles. The van der Waals surface area contributed by atoms with E-state index in [4.69, 9.17) is 16.7 Å². The van der Waals surface area contributed by atoms with E-state index in [2.05, 4.69) is 0 Å². The number of nitrogens with zero attached hydrogens (tertiary/aromatic N) is 1. The van der Waals surface area contributed by atoms with E-state index in [0.29, 0.717) is 11.6 Å². The van der Waals surface area contributed by atoms with Crippen molar-refractivity contribution in [2.24, 2.45) is 0 Å². The fourth-order valence-electron chi connectivity index (χ4n) is 1.36. The minimum absolute atomic E-state index is 0.324. The highest BCUT2D eigenvalue weighted by atomic mass is 35.5. The van der Waals surface area contributed by atoms with E-state index < -0.39 is 18.8 Å². The molecule has 1 N–H and O–H groups in total. The van der Waals surface area contributed by atoms with Crippen molar-refractivity contribution in [2.75, 3.05) is 13.6 Å². The first-order valence-corrected chi connectivity index (χ1v) is 5.34. The van der Waals surface area contributed by atoms with Gasteiger partial charge in [-0.2, -0.15) is 13.2 Å². The van der Waals surface area contributed by atoms with Gasteiger partial charge in [-0.15, -0.1) is 0 Å². The van der Waals surface area contributed by atoms with Crippen LogP contribution in [0.15, 0.2) is 24.3 Å². The summed E-state index contributed by atoms with van der Waals surface area (Å²) in [6, 6.07) is 6.81. The van der Waals surface area contributed by atoms with Gasteiger partial charge < -0.3 is 5.11 Å². The van der Waals surface area contributed by atoms with Crippen LogP contribution in [0.2, 0.25) is 5.02 Å². The Labute approximate surface area is 103 Å². The summed E-state index contributed by atoms with van der Waals surface area (Å²) in [5.74, 6) is 0. The fraction of sp³-hybridized carbons (Fsp3) is 0.455. The number of likely N-dealkylation sites (N-methyl/N-ethyl adjacent to an activating group) is 1. The molecule has 0 spiro atoms. The van der Waals surface area contributed by atoms with Crippen molar-refractivity contribution in [3.8, 4) is 0 Å². The van der Waals surface area contributed by atoms with Gasteiger partial charge in [0, 0.05) is 18.1 Å². The highest BCUT2D eigenvalue weighted by Crippen LogP contribution is 2.21. The van der Waals surface area contributed by atoms with E-state index in [9.17, 15) is 13.2 Å². The summed E-state index contributed by atoms with van der Waals surface area (Å²) >= 11 is 5.69. The molecule has 0 aliphatic rings. The summed E-state index contributed by atoms with van der Waals surface area (Å²) < 4.78 is 36.3. The minimum atomic E-state index is -4.58. The SMILES string of the molecule is CN(Cc1ccc(Cl)cc1)CC(O)C(F)(F)F. The normalized spacial score (nSPS) is 14.1. The molecule has 0 bridgehead atoms. The Kier molecular flexibility index (Phi) is 4.80. The lowest BCUT2D eigenvalue weighted by Gasteiger charge is -2.22. The number of hydrogen-bond donors (Lipinski definition) is 1. The maximum absolute atomic E-state index is 12.1. The van der Waals surface area contributed by atoms with Gasteiger partial charge in [0.25, 0.3) is 0 Å². The third-order valence-electron chi connectivity index (χ3n) is 2.23. The quantitative estimate of drug-likeness (QED) is 0.907. The van der Waals surface area contributed by atoms with Crippen molar-refractivity contribution in [3.05, 3.63) is 34.9 Å². The zero-order valence-electron chi connectivity index (χ0n) is 9.21. The molecule has 2 nitrogen and oxygen atoms in total. The van der Waals surface area contributed by atoms with Crippen LogP contribution in [0.5, 0.6) is 0 Å². The number of aliphatic hydroxyl groups excluding tert-OH is 1. The van der Waals surface area contributed by atoms with Gasteiger partial charge in [0.15, 0.2) is 6.10 Å². The van der Waals surface area contributed by atoms with Crippen molar-refractivity contribution in [1.82, 2.24) is 4.90 Å². The number of rotatable bonds is 4. The molecule has 17 heavy (non-hydrogen) atoms. The summed E-state index contributed by atoms with van der Waals surface area (Å²) in [6.45, 7) is -0.129. The lowest BCUT2D eigenvalue weighted by Crippen LogP contribution is -2.39. The summed E-state index contributed by atoms with van der Waals surface area (Å²) in [7, 11) is 1.52. The summed E-state index contributed by atoms with van der Waals surface area (Å²) in [5.41, 5.74) is 0.839. The number of alkyl halides is 3. The first-order chi connectivity index (χ1) is 7.79. The fourth-order valence-corrected chi connectivity index (χ4v) is 1.49. The molecule has 1 rings (SSSR count). The largest absolute Gasteiger partial charge is 0.415 e. The van der Waals surface area contributed by atoms with Crippen molar-refractivity contribution in [2.45, 2.75) is 18.8 Å². The molecule has 6 heteroatoms. The van der Waals surface area contributed by atoms with Crippen molar-refractivity contribution in [3.63, 3.8) is 0 Å². The van der Waals surface area contributed by atoms with E-state index >= 15 is 0 Å². The molecule has 0 amide bonds. The Morgan fingerprint density at radius 2 is 1.82 bits per heavy atom. The Balaban J connectivity index is 2.50. The Hall–Kier alpha value is -0.780. The summed E-state index contributed by atoms with van der Waals surface area (Å²) in [5, 5.41) is 9.47. The second kappa shape index (κ2) is 5.71. The molecule has 1 atom stereocenters. The van der Waals surface area contributed by atoms with Crippen molar-refractivity contribution >= 4 is 11.6 Å². The van der Waals surface area contributed by atoms with Crippen molar-refractivity contribution < 1.29 is 18.3 Å². The van der Waals surface area contributed by atoms with Crippen LogP contribution in [-0.2, 0) is 6.54 Å². The Morgan fingerprint density at radius 3 is 2.29 bits per heavy atom. The molecule has 1 aromatic rings. The van der Waals surface area contributed by atoms with E-state index in [1.54, 1.807) is 24.3 Å². The van der Waals surface area contributed by atoms with E-state index in [1.165, 1.54) is 11.9 Å². The molecular formula is C11H13ClF3NO. The van der Waals surface area contributed by atoms with Crippen LogP contribution in [0.3, 0.4) is 0 Å². The second-order valence-electron chi connectivity index (χ2n) is 3.88. The molecule has 0 saturated heterocycles. The molecule has 0 aromatic heterocycles. The molecule has 1 unspecified atom stereocenters. The molecule has 0 radical (unpaired) electrons. The van der Waals surface area contributed by atoms with Crippen LogP contribution >= 0.6 is 11.6 Å². The number of benzene rings is 1. The van der Waals surface area contributed by atoms with Gasteiger partial charge in [-0.25, -0.2) is 0 Å². The van der Waals surface area contributed by atoms with Gasteiger partial charge in [-0.3, -0.25) is 4.90 Å². The maximum atomic E-state index is 12.1. The first-order valence-electron chi connectivity index (χ1n) is 4.97. The number of aliphatic hydroxyl groups is 1. The van der Waals surface area contributed by atoms with Gasteiger partial charge in [-0.05, 0) is 24.7 Å². The van der Waals surface area contributed by atoms with E-state index in [1.807, 2.05) is 0 Å². The highest BCUT2D eigenvalue weighted by molar-refractivity contribution is 6.30. The van der Waals surface area contributed by atoms with Crippen LogP contribution in [0, 0.1) is 0 Å². The number of halogens is 4. The summed E-state index contributed by atoms with van der Waals surface area (Å²) in [6.07, 6.45) is -6.89. The third kappa shape index (κ3) is 4.93. The lowest BCUT2D eigenvalue weighted by molar-refractivity contribution is -0.207. The monoisotopic (exact) mass is 267 g/mol. The molecular weight excluding hydrogens is 255 g/mol. The lowest BCUT2D eigenvalue weighted by atomic mass is 10.2. The Morgan fingerprint density at radius 1 is 1.29 bits per heavy atom. The maximum Gasteiger partial charge on any atom is 0.415 e. The van der Waals surface area contributed by atoms with Crippen LogP contribution in [0.4, 0.5) is 13.2 Å². The van der Waals surface area contributed by atoms with Gasteiger partial charge in [-0.1, -0.05) is 23.7 Å². The standard InChI is InChI=1S/C11H13ClF3NO/c1-16(7-10(17)11(13,14)15)6-8-2-4-9(12)5-3-8/h2-5,10,17H,6-7H2,1H3. The average molecular weight is 268 g/mol. The molecule has 0 heterocycles. The molecule has 0 saturated carbocycles. The van der Waals surface area contributed by atoms with Crippen molar-refractivity contribution in [1.29, 1.82) is 0 Å². The number of hydrogen-bond acceptors (Lipinski definition) is 2. The smallest absolute Gasteiger partial charge is 0.382 e. The van der Waals surface area contributed by atoms with Gasteiger partial charge in [0.05, 0.1) is 0 Å². The van der Waals surface area contributed by atoms with Gasteiger partial charge >= 0.3 is 6.18 Å². The first kappa shape index (κ1) is 14.3. The van der Waals surface area contributed by atoms with Gasteiger partial charge in [0.1, 0.15) is 0 Å². The van der Waals surface area contributed by atoms with E-state index in [0.717, 1.165) is 5.56 Å². The molecule has 96 valence electrons. The van der Waals surface area contributed by atoms with Crippen LogP contribution in [-0.4, -0.2) is 35.9 Å². The highest BCUT2D eigenvalue weighted by Gasteiger charge is 2.38. The van der Waals surface area contributed by atoms with Crippen LogP contribution < -0.4 is 0 Å². The summed E-state index contributed by atoms with van der Waals surface area (Å²) in [4.78, 5) is 1.40. The molecule has 1 aromatic carbocycles. The van der Waals surface area contributed by atoms with Crippen LogP contribution in [0.25, 0.3) is 0 Å². The third-order valence-corrected chi connectivity index (χ3v) is 2.48. The predicted octanol–water partition coefficient (Wildman–Crippen LogP) is 2.70. The second-order valence-corrected chi connectivity index (χ2v) is 4.32. The zero-order valence-corrected chi connectivity index (χ0v) is 9.96. The zero-order chi connectivity index (χ0) is 13.1. The van der Waals surface area contributed by atoms with Gasteiger partial charge in [0.2, 0.25) is 0 Å². The Bertz CT molecular complexity index is 353. The average Bonchev–Trinajstić information content (AvgIpc) is 2.20. The predicted molar refractivity (Wildman–Crippen MR) is 59.8 cm³/mol.